The van der Waals surface area contributed by atoms with E-state index in [9.17, 15) is 43.5 Å². The fourth-order valence-corrected chi connectivity index (χ4v) is 5.98. The van der Waals surface area contributed by atoms with Crippen LogP contribution in [0.25, 0.3) is 0 Å². The van der Waals surface area contributed by atoms with Gasteiger partial charge in [0.1, 0.15) is 17.8 Å². The number of carboxylic acid groups (broad SMARTS) is 1. The molecule has 1 unspecified atom stereocenters. The van der Waals surface area contributed by atoms with E-state index in [1.54, 1.807) is 25.2 Å². The van der Waals surface area contributed by atoms with Gasteiger partial charge in [0.2, 0.25) is 23.5 Å². The second-order valence-electron chi connectivity index (χ2n) is 12.9. The molecule has 3 rings (SSSR count). The van der Waals surface area contributed by atoms with Gasteiger partial charge in [0.05, 0.1) is 25.7 Å². The second-order valence-corrected chi connectivity index (χ2v) is 12.9. The molecule has 0 radical (unpaired) electrons. The number of carbonyl (C=O) groups excluding carboxylic acids is 7. The highest BCUT2D eigenvalue weighted by Crippen LogP contribution is 2.29. The van der Waals surface area contributed by atoms with Crippen molar-refractivity contribution in [2.45, 2.75) is 96.7 Å². The van der Waals surface area contributed by atoms with Crippen molar-refractivity contribution in [1.29, 1.82) is 0 Å². The lowest BCUT2D eigenvalue weighted by molar-refractivity contribution is -0.143. The number of Topliss-reactive ketones (excluding diaryl/α,β-unsaturated/α-hetero) is 2. The number of ketones is 2. The number of carbonyl (C=O) groups is 8. The molecule has 5 N–H and O–H groups in total. The van der Waals surface area contributed by atoms with Crippen molar-refractivity contribution in [1.82, 2.24) is 26.2 Å². The molecule has 2 fully saturated rings. The molecule has 0 aromatic heterocycles. The number of nitrogens with one attached hydrogen (secondary N) is 4. The lowest BCUT2D eigenvalue weighted by Gasteiger charge is -2.34. The topological polar surface area (TPSA) is 217 Å². The smallest absolute Gasteiger partial charge is 0.407 e. The summed E-state index contributed by atoms with van der Waals surface area (Å²) in [4.78, 5) is 104. The number of hydrogen-bond acceptors (Lipinski definition) is 9. The third kappa shape index (κ3) is 11.4. The highest BCUT2D eigenvalue weighted by Gasteiger charge is 2.44. The Balaban J connectivity index is 1.67. The van der Waals surface area contributed by atoms with Crippen LogP contribution in [0.4, 0.5) is 4.79 Å². The molecule has 49 heavy (non-hydrogen) atoms. The quantitative estimate of drug-likeness (QED) is 0.123. The van der Waals surface area contributed by atoms with Gasteiger partial charge in [0, 0.05) is 6.42 Å². The Morgan fingerprint density at radius 1 is 1.02 bits per heavy atom. The first-order chi connectivity index (χ1) is 23.3. The van der Waals surface area contributed by atoms with Crippen LogP contribution < -0.4 is 21.3 Å². The Morgan fingerprint density at radius 2 is 1.73 bits per heavy atom. The van der Waals surface area contributed by atoms with Crippen LogP contribution in [0.2, 0.25) is 0 Å². The third-order valence-corrected chi connectivity index (χ3v) is 8.46. The Morgan fingerprint density at radius 3 is 2.35 bits per heavy atom. The van der Waals surface area contributed by atoms with E-state index in [0.717, 1.165) is 24.2 Å². The number of likely N-dealkylation sites (tertiary alicyclic amines) is 1. The van der Waals surface area contributed by atoms with Crippen LogP contribution >= 0.6 is 0 Å². The van der Waals surface area contributed by atoms with E-state index in [-0.39, 0.29) is 55.7 Å². The molecule has 2 aliphatic carbocycles. The maximum atomic E-state index is 13.9. The highest BCUT2D eigenvalue weighted by molar-refractivity contribution is 6.38. The average Bonchev–Trinajstić information content (AvgIpc) is 3.49. The van der Waals surface area contributed by atoms with E-state index < -0.39 is 66.1 Å². The van der Waals surface area contributed by atoms with Crippen LogP contribution in [0.3, 0.4) is 0 Å². The summed E-state index contributed by atoms with van der Waals surface area (Å²) in [5.41, 5.74) is -0.0119. The Kier molecular flexibility index (Phi) is 14.7. The molecule has 0 bridgehead atoms. The van der Waals surface area contributed by atoms with Gasteiger partial charge in [0.25, 0.3) is 5.91 Å². The maximum absolute atomic E-state index is 13.9. The normalized spacial score (nSPS) is 19.9. The first-order valence-electron chi connectivity index (χ1n) is 16.8. The second kappa shape index (κ2) is 18.7. The summed E-state index contributed by atoms with van der Waals surface area (Å²) in [5.74, 6) is -6.43. The van der Waals surface area contributed by atoms with Crippen LogP contribution in [-0.2, 0) is 38.3 Å². The van der Waals surface area contributed by atoms with Gasteiger partial charge < -0.3 is 36.0 Å². The van der Waals surface area contributed by atoms with Gasteiger partial charge in [-0.1, -0.05) is 70.8 Å². The van der Waals surface area contributed by atoms with E-state index in [1.165, 1.54) is 6.08 Å². The zero-order valence-corrected chi connectivity index (χ0v) is 28.3. The minimum absolute atomic E-state index is 0.0435. The maximum Gasteiger partial charge on any atom is 0.407 e. The molecule has 268 valence electrons. The van der Waals surface area contributed by atoms with Gasteiger partial charge in [0.15, 0.2) is 5.78 Å². The van der Waals surface area contributed by atoms with Gasteiger partial charge in [-0.2, -0.15) is 0 Å². The minimum Gasteiger partial charge on any atom is -0.477 e. The highest BCUT2D eigenvalue weighted by atomic mass is 16.5. The summed E-state index contributed by atoms with van der Waals surface area (Å²) < 4.78 is 5.25. The lowest BCUT2D eigenvalue weighted by Crippen LogP contribution is -2.58. The van der Waals surface area contributed by atoms with E-state index in [1.807, 2.05) is 13.8 Å². The molecule has 1 heterocycles. The molecule has 0 spiro atoms. The van der Waals surface area contributed by atoms with Crippen LogP contribution in [0.5, 0.6) is 0 Å². The largest absolute Gasteiger partial charge is 0.477 e. The van der Waals surface area contributed by atoms with Crippen molar-refractivity contribution in [2.24, 2.45) is 11.8 Å². The van der Waals surface area contributed by atoms with E-state index in [4.69, 9.17) is 4.74 Å². The van der Waals surface area contributed by atoms with Crippen molar-refractivity contribution in [3.63, 3.8) is 0 Å². The molecular weight excluding hydrogens is 638 g/mol. The third-order valence-electron chi connectivity index (χ3n) is 8.46. The molecule has 3 atom stereocenters. The van der Waals surface area contributed by atoms with Crippen molar-refractivity contribution < 1.29 is 48.2 Å². The van der Waals surface area contributed by atoms with Gasteiger partial charge >= 0.3 is 12.1 Å². The number of ether oxygens (including phenoxy) is 1. The zero-order valence-electron chi connectivity index (χ0n) is 28.3. The summed E-state index contributed by atoms with van der Waals surface area (Å²) in [6.07, 6.45) is 10.3. The molecule has 3 aliphatic rings. The van der Waals surface area contributed by atoms with Crippen LogP contribution in [-0.4, -0.2) is 95.1 Å². The average molecular weight is 686 g/mol. The molecule has 15 heteroatoms. The Labute approximate surface area is 285 Å². The first kappa shape index (κ1) is 38.6. The number of amides is 5. The SMILES string of the molecule is CCCC(NC(=O)[C@@H]1CC(=O)CN1C(=O)[C@@H](NC(=O)OCC(C)C)C1CCCCC1)C(=O)C(=O)NCC(=O)NC(C(=O)O)=C1C=CC=CC1. The Hall–Kier alpha value is -4.82. The van der Waals surface area contributed by atoms with Crippen molar-refractivity contribution in [2.75, 3.05) is 19.7 Å². The molecule has 0 aromatic rings. The van der Waals surface area contributed by atoms with Crippen molar-refractivity contribution >= 4 is 47.3 Å². The van der Waals surface area contributed by atoms with E-state index in [0.29, 0.717) is 24.8 Å². The Bertz CT molecular complexity index is 1400. The zero-order chi connectivity index (χ0) is 36.1. The molecule has 0 aromatic carbocycles. The molecule has 1 saturated heterocycles. The summed E-state index contributed by atoms with van der Waals surface area (Å²) >= 11 is 0. The van der Waals surface area contributed by atoms with Crippen molar-refractivity contribution in [3.05, 3.63) is 35.6 Å². The molecule has 1 aliphatic heterocycles. The van der Waals surface area contributed by atoms with Crippen LogP contribution in [0, 0.1) is 11.8 Å². The predicted octanol–water partition coefficient (Wildman–Crippen LogP) is 1.43. The number of nitrogens with zero attached hydrogens (tertiary/aromatic N) is 1. The lowest BCUT2D eigenvalue weighted by atomic mass is 9.83. The molecule has 5 amide bonds. The van der Waals surface area contributed by atoms with Gasteiger partial charge in [-0.05, 0) is 43.1 Å². The summed E-state index contributed by atoms with van der Waals surface area (Å²) in [7, 11) is 0. The van der Waals surface area contributed by atoms with Gasteiger partial charge in [-0.25, -0.2) is 9.59 Å². The number of rotatable bonds is 15. The standard InChI is InChI=1S/C34H47N5O10/c1-4-11-24(29(42)31(44)35-17-26(41)37-28(33(46)47)22-14-9-6-10-15-22)36-30(43)25-16-23(40)18-39(25)32(45)27(21-12-7-5-8-13-21)38-34(48)49-19-20(2)3/h6,9-10,14,20-21,24-25,27H,4-5,7-8,11-13,15-19H2,1-3H3,(H,35,44)(H,36,43)(H,37,41)(H,38,48)(H,46,47)/t24?,25-,27-/m0/s1. The number of alkyl carbamates (subject to hydrolysis) is 1. The predicted molar refractivity (Wildman–Crippen MR) is 175 cm³/mol. The summed E-state index contributed by atoms with van der Waals surface area (Å²) in [6, 6.07) is -3.62. The molecule has 15 nitrogen and oxygen atoms in total. The van der Waals surface area contributed by atoms with Gasteiger partial charge in [-0.3, -0.25) is 28.8 Å². The first-order valence-corrected chi connectivity index (χ1v) is 16.8. The van der Waals surface area contributed by atoms with Crippen LogP contribution in [0.15, 0.2) is 35.6 Å². The molecular formula is C34H47N5O10. The number of aliphatic carboxylic acids is 1. The number of carboxylic acids is 1. The molecule has 1 saturated carbocycles. The fraction of sp³-hybridized carbons (Fsp3) is 0.588. The number of allylic oxidation sites excluding steroid dienone is 5. The summed E-state index contributed by atoms with van der Waals surface area (Å²) in [5, 5.41) is 19.1. The van der Waals surface area contributed by atoms with Crippen molar-refractivity contribution in [3.8, 4) is 0 Å². The monoisotopic (exact) mass is 685 g/mol. The summed E-state index contributed by atoms with van der Waals surface area (Å²) in [6.45, 7) is 4.54. The van der Waals surface area contributed by atoms with Crippen LogP contribution in [0.1, 0.15) is 78.6 Å². The van der Waals surface area contributed by atoms with E-state index >= 15 is 0 Å². The van der Waals surface area contributed by atoms with E-state index in [2.05, 4.69) is 21.3 Å². The van der Waals surface area contributed by atoms with Gasteiger partial charge in [-0.15, -0.1) is 0 Å². The minimum atomic E-state index is -1.37. The fourth-order valence-electron chi connectivity index (χ4n) is 5.98. The number of hydrogen-bond donors (Lipinski definition) is 5.